The zero-order chi connectivity index (χ0) is 15.2. The molecular formula is C15H22ClN3O3. The van der Waals surface area contributed by atoms with Crippen molar-refractivity contribution < 1.29 is 14.3 Å². The lowest BCUT2D eigenvalue weighted by Crippen LogP contribution is -2.37. The van der Waals surface area contributed by atoms with Gasteiger partial charge in [-0.05, 0) is 38.0 Å². The predicted octanol–water partition coefficient (Wildman–Crippen LogP) is 1.30. The summed E-state index contributed by atoms with van der Waals surface area (Å²) < 4.78 is 5.33. The minimum Gasteiger partial charge on any atom is -0.368 e. The van der Waals surface area contributed by atoms with Crippen LogP contribution < -0.4 is 16.4 Å². The van der Waals surface area contributed by atoms with Crippen molar-refractivity contribution in [1.82, 2.24) is 5.32 Å². The van der Waals surface area contributed by atoms with E-state index < -0.39 is 0 Å². The van der Waals surface area contributed by atoms with E-state index in [1.807, 2.05) is 6.92 Å². The summed E-state index contributed by atoms with van der Waals surface area (Å²) >= 11 is 0. The van der Waals surface area contributed by atoms with E-state index in [4.69, 9.17) is 10.5 Å². The van der Waals surface area contributed by atoms with E-state index in [2.05, 4.69) is 10.6 Å². The number of carbonyl (C=O) groups is 2. The quantitative estimate of drug-likeness (QED) is 0.760. The molecule has 0 radical (unpaired) electrons. The molecule has 1 fully saturated rings. The minimum atomic E-state index is -0.389. The molecule has 1 heterocycles. The summed E-state index contributed by atoms with van der Waals surface area (Å²) in [5, 5.41) is 5.56. The van der Waals surface area contributed by atoms with Crippen LogP contribution in [0.1, 0.15) is 30.1 Å². The maximum absolute atomic E-state index is 12.0. The second-order valence-corrected chi connectivity index (χ2v) is 5.18. The summed E-state index contributed by atoms with van der Waals surface area (Å²) in [5.41, 5.74) is 6.55. The van der Waals surface area contributed by atoms with Gasteiger partial charge in [-0.3, -0.25) is 9.59 Å². The van der Waals surface area contributed by atoms with Crippen molar-refractivity contribution >= 4 is 29.9 Å². The number of hydrogen-bond acceptors (Lipinski definition) is 4. The summed E-state index contributed by atoms with van der Waals surface area (Å²) in [4.78, 5) is 24.0. The van der Waals surface area contributed by atoms with E-state index in [9.17, 15) is 9.59 Å². The van der Waals surface area contributed by atoms with Gasteiger partial charge in [0.15, 0.2) is 0 Å². The normalized spacial score (nSPS) is 18.2. The van der Waals surface area contributed by atoms with E-state index in [0.717, 1.165) is 12.8 Å². The van der Waals surface area contributed by atoms with Crippen molar-refractivity contribution in [3.63, 3.8) is 0 Å². The molecule has 1 aromatic rings. The lowest BCUT2D eigenvalue weighted by Gasteiger charge is -2.13. The maximum atomic E-state index is 12.0. The summed E-state index contributed by atoms with van der Waals surface area (Å²) in [6.07, 6.45) is 1.25. The van der Waals surface area contributed by atoms with Crippen LogP contribution in [0.4, 0.5) is 5.69 Å². The monoisotopic (exact) mass is 327 g/mol. The highest BCUT2D eigenvalue weighted by molar-refractivity contribution is 5.98. The molecule has 1 saturated heterocycles. The second-order valence-electron chi connectivity index (χ2n) is 5.18. The molecule has 0 bridgehead atoms. The first-order valence-electron chi connectivity index (χ1n) is 7.13. The van der Waals surface area contributed by atoms with E-state index >= 15 is 0 Å². The lowest BCUT2D eigenvalue weighted by atomic mass is 10.1. The number of halogens is 1. The standard InChI is InChI=1S/C15H21N3O3.ClH/c1-10(9-16)17-14(19)11-4-2-5-12(8-11)18-15(20)13-6-3-7-21-13;/h2,4-5,8,10,13H,3,6-7,9,16H2,1H3,(H,17,19)(H,18,20);1H/t10-,13?;/m0./s1. The molecule has 122 valence electrons. The molecule has 22 heavy (non-hydrogen) atoms. The summed E-state index contributed by atoms with van der Waals surface area (Å²) in [6, 6.07) is 6.72. The highest BCUT2D eigenvalue weighted by atomic mass is 35.5. The van der Waals surface area contributed by atoms with Crippen molar-refractivity contribution in [3.8, 4) is 0 Å². The molecule has 0 saturated carbocycles. The van der Waals surface area contributed by atoms with Crippen molar-refractivity contribution in [2.75, 3.05) is 18.5 Å². The predicted molar refractivity (Wildman–Crippen MR) is 87.3 cm³/mol. The highest BCUT2D eigenvalue weighted by Gasteiger charge is 2.23. The first-order chi connectivity index (χ1) is 10.1. The van der Waals surface area contributed by atoms with Gasteiger partial charge in [0.1, 0.15) is 6.10 Å². The third-order valence-corrected chi connectivity index (χ3v) is 3.35. The molecule has 1 aliphatic rings. The summed E-state index contributed by atoms with van der Waals surface area (Å²) in [7, 11) is 0. The highest BCUT2D eigenvalue weighted by Crippen LogP contribution is 2.16. The third-order valence-electron chi connectivity index (χ3n) is 3.35. The SMILES string of the molecule is C[C@@H](CN)NC(=O)c1cccc(NC(=O)C2CCCO2)c1.Cl. The number of anilines is 1. The molecular weight excluding hydrogens is 306 g/mol. The van der Waals surface area contributed by atoms with Crippen LogP contribution in [0.25, 0.3) is 0 Å². The largest absolute Gasteiger partial charge is 0.368 e. The van der Waals surface area contributed by atoms with Crippen LogP contribution in [0, 0.1) is 0 Å². The van der Waals surface area contributed by atoms with Crippen molar-refractivity contribution in [1.29, 1.82) is 0 Å². The van der Waals surface area contributed by atoms with Crippen molar-refractivity contribution in [3.05, 3.63) is 29.8 Å². The van der Waals surface area contributed by atoms with Gasteiger partial charge in [0.2, 0.25) is 0 Å². The molecule has 1 unspecified atom stereocenters. The van der Waals surface area contributed by atoms with E-state index in [1.165, 1.54) is 0 Å². The molecule has 2 amide bonds. The molecule has 0 spiro atoms. The first kappa shape index (κ1) is 18.4. The third kappa shape index (κ3) is 4.98. The van der Waals surface area contributed by atoms with E-state index in [-0.39, 0.29) is 36.4 Å². The molecule has 4 N–H and O–H groups in total. The van der Waals surface area contributed by atoms with Gasteiger partial charge >= 0.3 is 0 Å². The van der Waals surface area contributed by atoms with Crippen LogP contribution in [-0.4, -0.2) is 37.1 Å². The molecule has 0 aliphatic carbocycles. The topological polar surface area (TPSA) is 93.5 Å². The Balaban J connectivity index is 0.00000242. The Hall–Kier alpha value is -1.63. The number of nitrogens with one attached hydrogen (secondary N) is 2. The fraction of sp³-hybridized carbons (Fsp3) is 0.467. The molecule has 1 aromatic carbocycles. The smallest absolute Gasteiger partial charge is 0.253 e. The van der Waals surface area contributed by atoms with Gasteiger partial charge in [0.05, 0.1) is 0 Å². The van der Waals surface area contributed by atoms with E-state index in [1.54, 1.807) is 24.3 Å². The number of rotatable bonds is 5. The minimum absolute atomic E-state index is 0. The summed E-state index contributed by atoms with van der Waals surface area (Å²) in [6.45, 7) is 2.83. The molecule has 2 atom stereocenters. The van der Waals surface area contributed by atoms with Crippen LogP contribution in [0.5, 0.6) is 0 Å². The fourth-order valence-electron chi connectivity index (χ4n) is 2.11. The lowest BCUT2D eigenvalue weighted by molar-refractivity contribution is -0.124. The average molecular weight is 328 g/mol. The number of hydrogen-bond donors (Lipinski definition) is 3. The van der Waals surface area contributed by atoms with Gasteiger partial charge < -0.3 is 21.1 Å². The van der Waals surface area contributed by atoms with E-state index in [0.29, 0.717) is 24.4 Å². The molecule has 6 nitrogen and oxygen atoms in total. The first-order valence-corrected chi connectivity index (χ1v) is 7.13. The Bertz CT molecular complexity index is 519. The van der Waals surface area contributed by atoms with Gasteiger partial charge in [-0.25, -0.2) is 0 Å². The Labute approximate surface area is 136 Å². The van der Waals surface area contributed by atoms with Crippen LogP contribution in [0.2, 0.25) is 0 Å². The molecule has 2 rings (SSSR count). The second kappa shape index (κ2) is 8.73. The Morgan fingerprint density at radius 1 is 1.45 bits per heavy atom. The van der Waals surface area contributed by atoms with Gasteiger partial charge in [-0.15, -0.1) is 12.4 Å². The van der Waals surface area contributed by atoms with Gasteiger partial charge in [0, 0.05) is 30.4 Å². The van der Waals surface area contributed by atoms with Crippen molar-refractivity contribution in [2.45, 2.75) is 31.9 Å². The number of nitrogens with two attached hydrogens (primary N) is 1. The van der Waals surface area contributed by atoms with Gasteiger partial charge in [0.25, 0.3) is 11.8 Å². The number of benzene rings is 1. The Morgan fingerprint density at radius 2 is 2.23 bits per heavy atom. The van der Waals surface area contributed by atoms with Crippen LogP contribution >= 0.6 is 12.4 Å². The molecule has 1 aliphatic heterocycles. The maximum Gasteiger partial charge on any atom is 0.253 e. The zero-order valence-electron chi connectivity index (χ0n) is 12.5. The van der Waals surface area contributed by atoms with Crippen LogP contribution in [0.3, 0.4) is 0 Å². The average Bonchev–Trinajstić information content (AvgIpc) is 3.01. The zero-order valence-corrected chi connectivity index (χ0v) is 13.3. The number of ether oxygens (including phenoxy) is 1. The van der Waals surface area contributed by atoms with Crippen LogP contribution in [-0.2, 0) is 9.53 Å². The van der Waals surface area contributed by atoms with Gasteiger partial charge in [-0.2, -0.15) is 0 Å². The number of carbonyl (C=O) groups excluding carboxylic acids is 2. The van der Waals surface area contributed by atoms with Gasteiger partial charge in [-0.1, -0.05) is 6.07 Å². The van der Waals surface area contributed by atoms with Crippen LogP contribution in [0.15, 0.2) is 24.3 Å². The molecule has 7 heteroatoms. The summed E-state index contributed by atoms with van der Waals surface area (Å²) in [5.74, 6) is -0.374. The Morgan fingerprint density at radius 3 is 2.86 bits per heavy atom. The fourth-order valence-corrected chi connectivity index (χ4v) is 2.11. The number of amides is 2. The Kier molecular flexibility index (Phi) is 7.31. The van der Waals surface area contributed by atoms with Crippen molar-refractivity contribution in [2.24, 2.45) is 5.73 Å². The molecule has 0 aromatic heterocycles.